The van der Waals surface area contributed by atoms with Gasteiger partial charge in [-0.3, -0.25) is 4.79 Å². The van der Waals surface area contributed by atoms with Crippen molar-refractivity contribution in [2.45, 2.75) is 13.0 Å². The Bertz CT molecular complexity index is 550. The Labute approximate surface area is 121 Å². The molecule has 1 aliphatic heterocycles. The first-order valence-corrected chi connectivity index (χ1v) is 6.71. The molecule has 1 saturated heterocycles. The molecule has 21 heavy (non-hydrogen) atoms. The molecule has 0 radical (unpaired) electrons. The smallest absolute Gasteiger partial charge is 0.330 e. The van der Waals surface area contributed by atoms with E-state index in [0.29, 0.717) is 13.1 Å². The predicted molar refractivity (Wildman–Crippen MR) is 72.4 cm³/mol. The van der Waals surface area contributed by atoms with Gasteiger partial charge in [-0.2, -0.15) is 0 Å². The topological polar surface area (TPSA) is 78.9 Å². The highest BCUT2D eigenvalue weighted by Gasteiger charge is 2.34. The summed E-state index contributed by atoms with van der Waals surface area (Å²) >= 11 is 0. The van der Waals surface area contributed by atoms with Crippen molar-refractivity contribution in [1.29, 1.82) is 0 Å². The Hall–Kier alpha value is -2.15. The van der Waals surface area contributed by atoms with E-state index in [1.54, 1.807) is 6.92 Å². The molecule has 1 heterocycles. The van der Waals surface area contributed by atoms with E-state index in [4.69, 9.17) is 4.74 Å². The van der Waals surface area contributed by atoms with Crippen molar-refractivity contribution in [3.8, 4) is 5.75 Å². The van der Waals surface area contributed by atoms with Crippen LogP contribution in [0, 0.1) is 5.82 Å². The number of hydrogen-bond donors (Lipinski definition) is 2. The zero-order chi connectivity index (χ0) is 15.4. The zero-order valence-corrected chi connectivity index (χ0v) is 11.6. The van der Waals surface area contributed by atoms with E-state index in [-0.39, 0.29) is 18.7 Å². The molecular formula is C14H17FN2O4. The highest BCUT2D eigenvalue weighted by molar-refractivity contribution is 5.99. The number of carbonyl (C=O) groups excluding carboxylic acids is 2. The van der Waals surface area contributed by atoms with Crippen LogP contribution in [0.5, 0.6) is 5.75 Å². The van der Waals surface area contributed by atoms with Gasteiger partial charge in [0.05, 0.1) is 12.2 Å². The van der Waals surface area contributed by atoms with Gasteiger partial charge in [0.15, 0.2) is 0 Å². The Balaban J connectivity index is 2.24. The Morgan fingerprint density at radius 1 is 1.52 bits per heavy atom. The average Bonchev–Trinajstić information content (AvgIpc) is 2.47. The van der Waals surface area contributed by atoms with E-state index in [1.807, 2.05) is 0 Å². The lowest BCUT2D eigenvalue weighted by molar-refractivity contribution is -0.149. The molecule has 1 aliphatic rings. The number of rotatable bonds is 3. The van der Waals surface area contributed by atoms with E-state index < -0.39 is 29.5 Å². The molecule has 0 aromatic heterocycles. The van der Waals surface area contributed by atoms with Crippen LogP contribution < -0.4 is 5.32 Å². The molecule has 1 aromatic carbocycles. The number of nitrogens with one attached hydrogen (secondary N) is 1. The number of nitrogens with zero attached hydrogens (tertiary/aromatic N) is 1. The summed E-state index contributed by atoms with van der Waals surface area (Å²) in [6.07, 6.45) is 0. The first-order valence-electron chi connectivity index (χ1n) is 6.71. The second-order valence-electron chi connectivity index (χ2n) is 4.63. The van der Waals surface area contributed by atoms with Crippen molar-refractivity contribution in [2.75, 3.05) is 26.2 Å². The third kappa shape index (κ3) is 3.30. The molecule has 7 heteroatoms. The number of piperazine rings is 1. The van der Waals surface area contributed by atoms with Gasteiger partial charge >= 0.3 is 5.97 Å². The van der Waals surface area contributed by atoms with Gasteiger partial charge in [0, 0.05) is 25.7 Å². The maximum atomic E-state index is 13.0. The fraction of sp³-hybridized carbons (Fsp3) is 0.429. The lowest BCUT2D eigenvalue weighted by Crippen LogP contribution is -2.57. The molecule has 114 valence electrons. The normalized spacial score (nSPS) is 18.4. The molecule has 0 bridgehead atoms. The number of benzene rings is 1. The summed E-state index contributed by atoms with van der Waals surface area (Å²) < 4.78 is 17.9. The van der Waals surface area contributed by atoms with Gasteiger partial charge in [-0.25, -0.2) is 9.18 Å². The van der Waals surface area contributed by atoms with Crippen LogP contribution in [0.3, 0.4) is 0 Å². The van der Waals surface area contributed by atoms with E-state index in [1.165, 1.54) is 11.0 Å². The molecule has 0 spiro atoms. The summed E-state index contributed by atoms with van der Waals surface area (Å²) in [6, 6.07) is 2.41. The van der Waals surface area contributed by atoms with Crippen LogP contribution in [0.15, 0.2) is 18.2 Å². The number of phenols is 1. The number of esters is 1. The Kier molecular flexibility index (Phi) is 4.74. The minimum atomic E-state index is -0.754. The molecule has 0 aliphatic carbocycles. The van der Waals surface area contributed by atoms with Gasteiger partial charge in [0.25, 0.3) is 5.91 Å². The Morgan fingerprint density at radius 2 is 2.29 bits per heavy atom. The SMILES string of the molecule is CCOC(=O)C1CNCCN1C(=O)c1ccc(F)cc1O. The number of carbonyl (C=O) groups is 2. The number of hydrogen-bond acceptors (Lipinski definition) is 5. The number of amides is 1. The molecular weight excluding hydrogens is 279 g/mol. The molecule has 0 saturated carbocycles. The fourth-order valence-corrected chi connectivity index (χ4v) is 2.24. The first kappa shape index (κ1) is 15.2. The highest BCUT2D eigenvalue weighted by atomic mass is 19.1. The summed E-state index contributed by atoms with van der Waals surface area (Å²) in [7, 11) is 0. The van der Waals surface area contributed by atoms with Crippen molar-refractivity contribution >= 4 is 11.9 Å². The third-order valence-corrected chi connectivity index (χ3v) is 3.25. The standard InChI is InChI=1S/C14H17FN2O4/c1-2-21-14(20)11-8-16-5-6-17(11)13(19)10-4-3-9(15)7-12(10)18/h3-4,7,11,16,18H,2,5-6,8H2,1H3. The number of halogens is 1. The van der Waals surface area contributed by atoms with Gasteiger partial charge in [0.2, 0.25) is 0 Å². The monoisotopic (exact) mass is 296 g/mol. The average molecular weight is 296 g/mol. The van der Waals surface area contributed by atoms with E-state index in [2.05, 4.69) is 5.32 Å². The highest BCUT2D eigenvalue weighted by Crippen LogP contribution is 2.21. The van der Waals surface area contributed by atoms with Crippen molar-refractivity contribution in [3.05, 3.63) is 29.6 Å². The maximum Gasteiger partial charge on any atom is 0.330 e. The van der Waals surface area contributed by atoms with Crippen molar-refractivity contribution in [3.63, 3.8) is 0 Å². The zero-order valence-electron chi connectivity index (χ0n) is 11.6. The number of aromatic hydroxyl groups is 1. The van der Waals surface area contributed by atoms with Crippen molar-refractivity contribution in [2.24, 2.45) is 0 Å². The maximum absolute atomic E-state index is 13.0. The summed E-state index contributed by atoms with van der Waals surface area (Å²) in [6.45, 7) is 3.03. The lowest BCUT2D eigenvalue weighted by Gasteiger charge is -2.34. The van der Waals surface area contributed by atoms with Crippen LogP contribution in [0.4, 0.5) is 4.39 Å². The molecule has 1 atom stereocenters. The van der Waals surface area contributed by atoms with Crippen LogP contribution in [0.1, 0.15) is 17.3 Å². The molecule has 1 aromatic rings. The Morgan fingerprint density at radius 3 is 2.95 bits per heavy atom. The molecule has 1 fully saturated rings. The van der Waals surface area contributed by atoms with Crippen molar-refractivity contribution < 1.29 is 23.8 Å². The second kappa shape index (κ2) is 6.53. The minimum Gasteiger partial charge on any atom is -0.507 e. The van der Waals surface area contributed by atoms with Gasteiger partial charge in [-0.1, -0.05) is 0 Å². The van der Waals surface area contributed by atoms with Crippen LogP contribution in [-0.4, -0.2) is 54.2 Å². The molecule has 2 N–H and O–H groups in total. The van der Waals surface area contributed by atoms with Crippen LogP contribution in [0.2, 0.25) is 0 Å². The van der Waals surface area contributed by atoms with E-state index >= 15 is 0 Å². The molecule has 1 unspecified atom stereocenters. The predicted octanol–water partition coefficient (Wildman–Crippen LogP) is 0.508. The lowest BCUT2D eigenvalue weighted by atomic mass is 10.1. The van der Waals surface area contributed by atoms with Gasteiger partial charge < -0.3 is 20.1 Å². The fourth-order valence-electron chi connectivity index (χ4n) is 2.24. The summed E-state index contributed by atoms with van der Waals surface area (Å²) in [5, 5.41) is 12.7. The van der Waals surface area contributed by atoms with Crippen LogP contribution >= 0.6 is 0 Å². The number of phenolic OH excluding ortho intramolecular Hbond substituents is 1. The number of ether oxygens (including phenoxy) is 1. The van der Waals surface area contributed by atoms with Crippen molar-refractivity contribution in [1.82, 2.24) is 10.2 Å². The first-order chi connectivity index (χ1) is 10.0. The van der Waals surface area contributed by atoms with Gasteiger partial charge in [0.1, 0.15) is 17.6 Å². The summed E-state index contributed by atoms with van der Waals surface area (Å²) in [5.41, 5.74) is -0.0346. The second-order valence-corrected chi connectivity index (χ2v) is 4.63. The summed E-state index contributed by atoms with van der Waals surface area (Å²) in [5.74, 6) is -2.10. The molecule has 6 nitrogen and oxygen atoms in total. The van der Waals surface area contributed by atoms with E-state index in [0.717, 1.165) is 12.1 Å². The summed E-state index contributed by atoms with van der Waals surface area (Å²) in [4.78, 5) is 25.7. The quantitative estimate of drug-likeness (QED) is 0.795. The van der Waals surface area contributed by atoms with Gasteiger partial charge in [-0.15, -0.1) is 0 Å². The van der Waals surface area contributed by atoms with Crippen LogP contribution in [0.25, 0.3) is 0 Å². The van der Waals surface area contributed by atoms with Crippen LogP contribution in [-0.2, 0) is 9.53 Å². The largest absolute Gasteiger partial charge is 0.507 e. The van der Waals surface area contributed by atoms with E-state index in [9.17, 15) is 19.1 Å². The van der Waals surface area contributed by atoms with Gasteiger partial charge in [-0.05, 0) is 19.1 Å². The minimum absolute atomic E-state index is 0.0346. The third-order valence-electron chi connectivity index (χ3n) is 3.25. The molecule has 2 rings (SSSR count). The molecule has 1 amide bonds.